The topological polar surface area (TPSA) is 34.1 Å². The van der Waals surface area contributed by atoms with Gasteiger partial charge in [-0.2, -0.15) is 0 Å². The fourth-order valence-electron chi connectivity index (χ4n) is 8.42. The molecule has 7 aliphatic carbocycles. The molecule has 0 radical (unpaired) electrons. The Labute approximate surface area is 112 Å². The highest BCUT2D eigenvalue weighted by Crippen LogP contribution is 3.17. The molecular weight excluding hydrogens is 236 g/mol. The Morgan fingerprint density at radius 2 is 1.05 bits per heavy atom. The molecule has 7 saturated carbocycles. The average Bonchev–Trinajstić information content (AvgIpc) is 3.20. The van der Waals surface area contributed by atoms with E-state index in [0.29, 0.717) is 44.3 Å². The molecule has 98 valence electrons. The van der Waals surface area contributed by atoms with Crippen LogP contribution in [0.25, 0.3) is 0 Å². The zero-order chi connectivity index (χ0) is 12.5. The highest BCUT2D eigenvalue weighted by atomic mass is 16.1. The number of carbonyl (C=O) groups is 2. The van der Waals surface area contributed by atoms with Crippen molar-refractivity contribution >= 4 is 12.6 Å². The number of hydrogen-bond donors (Lipinski definition) is 0. The smallest absolute Gasteiger partial charge is 0.123 e. The third-order valence-electron chi connectivity index (χ3n) is 9.67. The van der Waals surface area contributed by atoms with Gasteiger partial charge in [-0.25, -0.2) is 0 Å². The van der Waals surface area contributed by atoms with Gasteiger partial charge in [0.1, 0.15) is 12.6 Å². The van der Waals surface area contributed by atoms with Crippen LogP contribution in [0.15, 0.2) is 0 Å². The zero-order valence-electron chi connectivity index (χ0n) is 11.1. The lowest BCUT2D eigenvalue weighted by Gasteiger charge is -1.96. The van der Waals surface area contributed by atoms with E-state index in [4.69, 9.17) is 0 Å². The van der Waals surface area contributed by atoms with E-state index in [9.17, 15) is 9.59 Å². The molecule has 0 bridgehead atoms. The molecule has 0 aromatic carbocycles. The van der Waals surface area contributed by atoms with Crippen LogP contribution in [0.5, 0.6) is 0 Å². The molecule has 0 aromatic rings. The quantitative estimate of drug-likeness (QED) is 0.709. The maximum absolute atomic E-state index is 11.0. The van der Waals surface area contributed by atoms with E-state index in [2.05, 4.69) is 0 Å². The van der Waals surface area contributed by atoms with E-state index in [1.54, 1.807) is 0 Å². The molecule has 6 spiro atoms. The molecule has 19 heavy (non-hydrogen) atoms. The van der Waals surface area contributed by atoms with Crippen LogP contribution in [0.4, 0.5) is 0 Å². The van der Waals surface area contributed by atoms with E-state index in [1.165, 1.54) is 57.5 Å². The third kappa shape index (κ3) is 0.547. The van der Waals surface area contributed by atoms with Gasteiger partial charge in [0.25, 0.3) is 0 Å². The molecule has 0 heterocycles. The van der Waals surface area contributed by atoms with Crippen LogP contribution in [0.3, 0.4) is 0 Å². The Bertz CT molecular complexity index is 587. The first kappa shape index (κ1) is 9.31. The minimum absolute atomic E-state index is 0.427. The summed E-state index contributed by atoms with van der Waals surface area (Å²) in [6.07, 6.45) is 12.0. The van der Waals surface area contributed by atoms with Gasteiger partial charge in [0.2, 0.25) is 0 Å². The van der Waals surface area contributed by atoms with Gasteiger partial charge in [-0.05, 0) is 77.4 Å². The predicted octanol–water partition coefficient (Wildman–Crippen LogP) is 2.36. The number of fused-ring (bicyclic) bond motifs is 5. The Hall–Kier alpha value is -0.660. The highest BCUT2D eigenvalue weighted by molar-refractivity contribution is 5.71. The van der Waals surface area contributed by atoms with Gasteiger partial charge in [0.15, 0.2) is 0 Å². The van der Waals surface area contributed by atoms with E-state index < -0.39 is 0 Å². The second-order valence-corrected chi connectivity index (χ2v) is 9.42. The summed E-state index contributed by atoms with van der Waals surface area (Å²) in [5, 5.41) is 0. The first-order chi connectivity index (χ1) is 9.12. The van der Waals surface area contributed by atoms with Crippen LogP contribution in [-0.2, 0) is 9.59 Å². The summed E-state index contributed by atoms with van der Waals surface area (Å²) in [5.74, 6) is 0.854. The molecule has 2 heteroatoms. The molecule has 0 saturated heterocycles. The van der Waals surface area contributed by atoms with E-state index in [1.807, 2.05) is 0 Å². The molecule has 0 aromatic heterocycles. The maximum atomic E-state index is 11.0. The van der Waals surface area contributed by atoms with E-state index >= 15 is 0 Å². The van der Waals surface area contributed by atoms with E-state index in [0.717, 1.165) is 0 Å². The van der Waals surface area contributed by atoms with Crippen LogP contribution in [0, 0.1) is 44.3 Å². The van der Waals surface area contributed by atoms with Crippen LogP contribution in [0.2, 0.25) is 0 Å². The molecule has 8 atom stereocenters. The standard InChI is InChI=1S/C17H18O2/c18-3-10-1-12(10)5-14(12)7-16(14)9-17(16)8-15(17)6-13(15)2-11(13)4-19/h3-4,10-11H,1-2,5-9H2/t10-,11+,12-,13-,14-,15-,16-,17-/m0/s1. The van der Waals surface area contributed by atoms with Crippen LogP contribution >= 0.6 is 0 Å². The third-order valence-corrected chi connectivity index (χ3v) is 9.67. The Morgan fingerprint density at radius 3 is 1.42 bits per heavy atom. The zero-order valence-corrected chi connectivity index (χ0v) is 11.1. The molecule has 0 aliphatic heterocycles. The monoisotopic (exact) mass is 254 g/mol. The predicted molar refractivity (Wildman–Crippen MR) is 66.0 cm³/mol. The summed E-state index contributed by atoms with van der Waals surface area (Å²) >= 11 is 0. The highest BCUT2D eigenvalue weighted by Gasteiger charge is 3.11. The molecule has 0 amide bonds. The average molecular weight is 254 g/mol. The summed E-state index contributed by atoms with van der Waals surface area (Å²) in [4.78, 5) is 22.1. The Balaban J connectivity index is 1.22. The lowest BCUT2D eigenvalue weighted by atomic mass is 10.1. The van der Waals surface area contributed by atoms with Gasteiger partial charge in [-0.15, -0.1) is 0 Å². The molecule has 0 N–H and O–H groups in total. The van der Waals surface area contributed by atoms with Gasteiger partial charge >= 0.3 is 0 Å². The van der Waals surface area contributed by atoms with Crippen molar-refractivity contribution < 1.29 is 9.59 Å². The summed E-state index contributed by atoms with van der Waals surface area (Å²) in [7, 11) is 0. The molecule has 0 unspecified atom stereocenters. The molecule has 7 aliphatic rings. The van der Waals surface area contributed by atoms with Crippen molar-refractivity contribution in [2.75, 3.05) is 0 Å². The van der Waals surface area contributed by atoms with Crippen molar-refractivity contribution in [2.24, 2.45) is 44.3 Å². The number of hydrogen-bond acceptors (Lipinski definition) is 2. The second kappa shape index (κ2) is 1.83. The maximum Gasteiger partial charge on any atom is 0.123 e. The van der Waals surface area contributed by atoms with Crippen LogP contribution in [0.1, 0.15) is 44.9 Å². The van der Waals surface area contributed by atoms with Crippen molar-refractivity contribution in [3.8, 4) is 0 Å². The fourth-order valence-corrected chi connectivity index (χ4v) is 8.42. The Kier molecular flexibility index (Phi) is 0.895. The van der Waals surface area contributed by atoms with Crippen LogP contribution in [-0.4, -0.2) is 12.6 Å². The van der Waals surface area contributed by atoms with E-state index in [-0.39, 0.29) is 0 Å². The van der Waals surface area contributed by atoms with Crippen molar-refractivity contribution in [1.82, 2.24) is 0 Å². The van der Waals surface area contributed by atoms with Gasteiger partial charge in [-0.1, -0.05) is 0 Å². The number of aldehydes is 2. The molecular formula is C17H18O2. The molecule has 7 rings (SSSR count). The first-order valence-corrected chi connectivity index (χ1v) is 8.02. The summed E-state index contributed by atoms with van der Waals surface area (Å²) in [6, 6.07) is 0. The fraction of sp³-hybridized carbons (Fsp3) is 0.882. The van der Waals surface area contributed by atoms with Gasteiger partial charge in [-0.3, -0.25) is 0 Å². The lowest BCUT2D eigenvalue weighted by molar-refractivity contribution is -0.110. The number of carbonyl (C=O) groups excluding carboxylic acids is 2. The van der Waals surface area contributed by atoms with Gasteiger partial charge < -0.3 is 9.59 Å². The first-order valence-electron chi connectivity index (χ1n) is 8.02. The van der Waals surface area contributed by atoms with Crippen molar-refractivity contribution in [3.05, 3.63) is 0 Å². The van der Waals surface area contributed by atoms with Gasteiger partial charge in [0.05, 0.1) is 0 Å². The number of rotatable bonds is 2. The normalized spacial score (nSPS) is 81.9. The lowest BCUT2D eigenvalue weighted by Crippen LogP contribution is -1.95. The minimum Gasteiger partial charge on any atom is -0.303 e. The van der Waals surface area contributed by atoms with Gasteiger partial charge in [0, 0.05) is 11.8 Å². The largest absolute Gasteiger partial charge is 0.303 e. The van der Waals surface area contributed by atoms with Crippen molar-refractivity contribution in [1.29, 1.82) is 0 Å². The SMILES string of the molecule is O=C[C@@H]1C[C@]12C[C@]21C[C@]12C[C@]21C[C@]12C[C@]21C[C@@H]1C=O. The van der Waals surface area contributed by atoms with Crippen molar-refractivity contribution in [3.63, 3.8) is 0 Å². The summed E-state index contributed by atoms with van der Waals surface area (Å²) in [5.41, 5.74) is 3.69. The molecule has 2 nitrogen and oxygen atoms in total. The minimum atomic E-state index is 0.427. The van der Waals surface area contributed by atoms with Crippen LogP contribution < -0.4 is 0 Å². The summed E-state index contributed by atoms with van der Waals surface area (Å²) in [6.45, 7) is 0. The Morgan fingerprint density at radius 1 is 0.632 bits per heavy atom. The summed E-state index contributed by atoms with van der Waals surface area (Å²) < 4.78 is 0. The second-order valence-electron chi connectivity index (χ2n) is 9.42. The van der Waals surface area contributed by atoms with Crippen molar-refractivity contribution in [2.45, 2.75) is 44.9 Å². The molecule has 7 fully saturated rings.